The first-order valence-corrected chi connectivity index (χ1v) is 10.4. The molecule has 0 fully saturated rings. The van der Waals surface area contributed by atoms with Crippen LogP contribution in [0.2, 0.25) is 0 Å². The van der Waals surface area contributed by atoms with Gasteiger partial charge in [0.15, 0.2) is 0 Å². The van der Waals surface area contributed by atoms with Crippen LogP contribution in [-0.2, 0) is 4.79 Å². The molecular formula is C23H21NO3S. The predicted molar refractivity (Wildman–Crippen MR) is 111 cm³/mol. The lowest BCUT2D eigenvalue weighted by molar-refractivity contribution is -0.122. The Bertz CT molecular complexity index is 942. The van der Waals surface area contributed by atoms with Gasteiger partial charge in [0.2, 0.25) is 5.91 Å². The normalized spacial score (nSPS) is 13.8. The molecule has 4 nitrogen and oxygen atoms in total. The number of thioether (sulfide) groups is 1. The summed E-state index contributed by atoms with van der Waals surface area (Å²) in [5.74, 6) is 0.763. The number of aliphatic hydroxyl groups is 1. The van der Waals surface area contributed by atoms with Crippen LogP contribution in [0.3, 0.4) is 0 Å². The van der Waals surface area contributed by atoms with Crippen molar-refractivity contribution >= 4 is 17.7 Å². The number of hydrogen-bond donors (Lipinski definition) is 2. The Labute approximate surface area is 168 Å². The van der Waals surface area contributed by atoms with Gasteiger partial charge < -0.3 is 15.2 Å². The molecule has 3 aromatic rings. The van der Waals surface area contributed by atoms with Gasteiger partial charge in [0.05, 0.1) is 12.0 Å². The third-order valence-electron chi connectivity index (χ3n) is 4.91. The van der Waals surface area contributed by atoms with Crippen LogP contribution in [0, 0.1) is 0 Å². The number of hydrogen-bond acceptors (Lipinski definition) is 4. The average molecular weight is 391 g/mol. The van der Waals surface area contributed by atoms with Gasteiger partial charge in [-0.15, -0.1) is 11.8 Å². The molecule has 0 saturated heterocycles. The number of carbonyl (C=O) groups is 1. The largest absolute Gasteiger partial charge is 0.457 e. The van der Waals surface area contributed by atoms with Crippen molar-refractivity contribution < 1.29 is 14.6 Å². The van der Waals surface area contributed by atoms with E-state index in [1.165, 1.54) is 0 Å². The van der Waals surface area contributed by atoms with E-state index in [0.717, 1.165) is 21.6 Å². The Morgan fingerprint density at radius 1 is 1.00 bits per heavy atom. The lowest BCUT2D eigenvalue weighted by Gasteiger charge is -2.27. The van der Waals surface area contributed by atoms with Crippen LogP contribution in [0.1, 0.15) is 28.7 Å². The monoisotopic (exact) mass is 391 g/mol. The third-order valence-corrected chi connectivity index (χ3v) is 5.66. The standard InChI is InChI=1S/C23H21NO3S/c1-28-16-12-10-15(11-13-16)19(25)14-24-23(26)22-17-6-2-4-8-20(17)27-21-9-5-3-7-18(21)22/h2-13,19,22,25H,14H2,1H3,(H,24,26)/t19-/m1/s1. The van der Waals surface area contributed by atoms with Gasteiger partial charge in [-0.2, -0.15) is 0 Å². The molecule has 5 heteroatoms. The molecular weight excluding hydrogens is 370 g/mol. The number of benzene rings is 3. The van der Waals surface area contributed by atoms with E-state index in [1.807, 2.05) is 79.1 Å². The number of carbonyl (C=O) groups excluding carboxylic acids is 1. The lowest BCUT2D eigenvalue weighted by atomic mass is 9.87. The van der Waals surface area contributed by atoms with Gasteiger partial charge in [-0.05, 0) is 36.1 Å². The fourth-order valence-corrected chi connectivity index (χ4v) is 3.84. The summed E-state index contributed by atoms with van der Waals surface area (Å²) in [6.07, 6.45) is 1.25. The Morgan fingerprint density at radius 2 is 1.57 bits per heavy atom. The number of aliphatic hydroxyl groups excluding tert-OH is 1. The Kier molecular flexibility index (Phi) is 5.37. The fraction of sp³-hybridized carbons (Fsp3) is 0.174. The third kappa shape index (κ3) is 3.63. The summed E-state index contributed by atoms with van der Waals surface area (Å²) < 4.78 is 5.94. The number of para-hydroxylation sites is 2. The lowest BCUT2D eigenvalue weighted by Crippen LogP contribution is -2.34. The summed E-state index contributed by atoms with van der Waals surface area (Å²) >= 11 is 1.65. The molecule has 1 heterocycles. The molecule has 1 amide bonds. The zero-order chi connectivity index (χ0) is 19.5. The number of ether oxygens (including phenoxy) is 1. The quantitative estimate of drug-likeness (QED) is 0.629. The first-order chi connectivity index (χ1) is 13.7. The van der Waals surface area contributed by atoms with Crippen molar-refractivity contribution in [3.8, 4) is 11.5 Å². The van der Waals surface area contributed by atoms with Crippen molar-refractivity contribution in [3.63, 3.8) is 0 Å². The topological polar surface area (TPSA) is 58.6 Å². The molecule has 4 rings (SSSR count). The second-order valence-corrected chi connectivity index (χ2v) is 7.52. The summed E-state index contributed by atoms with van der Waals surface area (Å²) in [4.78, 5) is 14.2. The summed E-state index contributed by atoms with van der Waals surface area (Å²) in [5.41, 5.74) is 2.45. The first kappa shape index (κ1) is 18.6. The molecule has 0 aromatic heterocycles. The molecule has 0 spiro atoms. The maximum Gasteiger partial charge on any atom is 0.232 e. The van der Waals surface area contributed by atoms with E-state index >= 15 is 0 Å². The number of fused-ring (bicyclic) bond motifs is 2. The van der Waals surface area contributed by atoms with Gasteiger partial charge in [-0.25, -0.2) is 0 Å². The van der Waals surface area contributed by atoms with E-state index in [1.54, 1.807) is 11.8 Å². The maximum atomic E-state index is 13.1. The molecule has 1 atom stereocenters. The van der Waals surface area contributed by atoms with Gasteiger partial charge in [0.25, 0.3) is 0 Å². The van der Waals surface area contributed by atoms with Crippen molar-refractivity contribution in [3.05, 3.63) is 89.5 Å². The Morgan fingerprint density at radius 3 is 2.14 bits per heavy atom. The highest BCUT2D eigenvalue weighted by Crippen LogP contribution is 2.43. The van der Waals surface area contributed by atoms with Crippen LogP contribution in [0.25, 0.3) is 0 Å². The van der Waals surface area contributed by atoms with E-state index < -0.39 is 12.0 Å². The number of rotatable bonds is 5. The van der Waals surface area contributed by atoms with Gasteiger partial charge >= 0.3 is 0 Å². The molecule has 0 bridgehead atoms. The molecule has 28 heavy (non-hydrogen) atoms. The highest BCUT2D eigenvalue weighted by atomic mass is 32.2. The van der Waals surface area contributed by atoms with Gasteiger partial charge in [0, 0.05) is 22.6 Å². The summed E-state index contributed by atoms with van der Waals surface area (Å²) in [7, 11) is 0. The summed E-state index contributed by atoms with van der Waals surface area (Å²) in [6.45, 7) is 0.152. The van der Waals surface area contributed by atoms with Crippen molar-refractivity contribution in [2.75, 3.05) is 12.8 Å². The molecule has 3 aromatic carbocycles. The average Bonchev–Trinajstić information content (AvgIpc) is 2.75. The van der Waals surface area contributed by atoms with Crippen LogP contribution in [0.4, 0.5) is 0 Å². The highest BCUT2D eigenvalue weighted by Gasteiger charge is 2.32. The van der Waals surface area contributed by atoms with Crippen molar-refractivity contribution in [1.82, 2.24) is 5.32 Å². The molecule has 0 radical (unpaired) electrons. The first-order valence-electron chi connectivity index (χ1n) is 9.13. The van der Waals surface area contributed by atoms with E-state index in [9.17, 15) is 9.90 Å². The second-order valence-electron chi connectivity index (χ2n) is 6.64. The van der Waals surface area contributed by atoms with Crippen molar-refractivity contribution in [1.29, 1.82) is 0 Å². The SMILES string of the molecule is CSc1ccc([C@H](O)CNC(=O)C2c3ccccc3Oc3ccccc32)cc1. The zero-order valence-electron chi connectivity index (χ0n) is 15.5. The van der Waals surface area contributed by atoms with E-state index in [0.29, 0.717) is 11.5 Å². The number of amides is 1. The van der Waals surface area contributed by atoms with E-state index in [-0.39, 0.29) is 12.5 Å². The molecule has 0 saturated carbocycles. The van der Waals surface area contributed by atoms with Crippen LogP contribution < -0.4 is 10.1 Å². The van der Waals surface area contributed by atoms with Crippen LogP contribution in [0.15, 0.2) is 77.7 Å². The van der Waals surface area contributed by atoms with Crippen molar-refractivity contribution in [2.24, 2.45) is 0 Å². The van der Waals surface area contributed by atoms with E-state index in [4.69, 9.17) is 4.74 Å². The minimum absolute atomic E-state index is 0.150. The minimum atomic E-state index is -0.759. The van der Waals surface area contributed by atoms with Crippen molar-refractivity contribution in [2.45, 2.75) is 16.9 Å². The molecule has 1 aliphatic heterocycles. The van der Waals surface area contributed by atoms with Crippen LogP contribution in [-0.4, -0.2) is 23.8 Å². The highest BCUT2D eigenvalue weighted by molar-refractivity contribution is 7.98. The smallest absolute Gasteiger partial charge is 0.232 e. The maximum absolute atomic E-state index is 13.1. The molecule has 0 unspecified atom stereocenters. The van der Waals surface area contributed by atoms with Crippen LogP contribution >= 0.6 is 11.8 Å². The summed E-state index contributed by atoms with van der Waals surface area (Å²) in [6, 6.07) is 22.9. The Balaban J connectivity index is 1.53. The molecule has 142 valence electrons. The fourth-order valence-electron chi connectivity index (χ4n) is 3.44. The summed E-state index contributed by atoms with van der Waals surface area (Å²) in [5, 5.41) is 13.4. The zero-order valence-corrected chi connectivity index (χ0v) is 16.3. The molecule has 2 N–H and O–H groups in total. The van der Waals surface area contributed by atoms with E-state index in [2.05, 4.69) is 5.32 Å². The molecule has 0 aliphatic carbocycles. The second kappa shape index (κ2) is 8.09. The van der Waals surface area contributed by atoms with Gasteiger partial charge in [-0.3, -0.25) is 4.79 Å². The minimum Gasteiger partial charge on any atom is -0.457 e. The van der Waals surface area contributed by atoms with Crippen LogP contribution in [0.5, 0.6) is 11.5 Å². The van der Waals surface area contributed by atoms with Gasteiger partial charge in [-0.1, -0.05) is 48.5 Å². The predicted octanol–water partition coefficient (Wildman–Crippen LogP) is 4.50. The Hall–Kier alpha value is -2.76. The molecule has 1 aliphatic rings. The van der Waals surface area contributed by atoms with Gasteiger partial charge in [0.1, 0.15) is 11.5 Å². The number of nitrogens with one attached hydrogen (secondary N) is 1.